The summed E-state index contributed by atoms with van der Waals surface area (Å²) < 4.78 is 6.72. The molecule has 3 aromatic rings. The van der Waals surface area contributed by atoms with Gasteiger partial charge in [-0.05, 0) is 36.4 Å². The van der Waals surface area contributed by atoms with Crippen LogP contribution in [0.15, 0.2) is 54.6 Å². The number of nitrogens with zero attached hydrogens (tertiary/aromatic N) is 2. The predicted octanol–water partition coefficient (Wildman–Crippen LogP) is 3.05. The molecule has 2 N–H and O–H groups in total. The fourth-order valence-electron chi connectivity index (χ4n) is 3.18. The number of hydrogen-bond acceptors (Lipinski definition) is 5. The van der Waals surface area contributed by atoms with Crippen LogP contribution < -0.4 is 10.6 Å². The maximum absolute atomic E-state index is 11.6. The van der Waals surface area contributed by atoms with Gasteiger partial charge < -0.3 is 15.4 Å². The van der Waals surface area contributed by atoms with Crippen molar-refractivity contribution in [2.24, 2.45) is 0 Å². The second kappa shape index (κ2) is 7.01. The van der Waals surface area contributed by atoms with Gasteiger partial charge in [0.1, 0.15) is 0 Å². The molecule has 6 nitrogen and oxygen atoms in total. The third kappa shape index (κ3) is 3.07. The molecule has 0 bridgehead atoms. The van der Waals surface area contributed by atoms with Crippen LogP contribution in [-0.2, 0) is 17.7 Å². The molecule has 26 heavy (non-hydrogen) atoms. The van der Waals surface area contributed by atoms with E-state index < -0.39 is 0 Å². The van der Waals surface area contributed by atoms with Gasteiger partial charge in [-0.1, -0.05) is 18.2 Å². The van der Waals surface area contributed by atoms with Gasteiger partial charge in [0.05, 0.1) is 24.1 Å². The van der Waals surface area contributed by atoms with Crippen LogP contribution in [0.1, 0.15) is 21.6 Å². The van der Waals surface area contributed by atoms with Crippen LogP contribution in [0.5, 0.6) is 0 Å². The van der Waals surface area contributed by atoms with E-state index >= 15 is 0 Å². The molecule has 0 unspecified atom stereocenters. The smallest absolute Gasteiger partial charge is 0.337 e. The maximum atomic E-state index is 11.6. The van der Waals surface area contributed by atoms with E-state index in [1.807, 2.05) is 47.1 Å². The monoisotopic (exact) mass is 348 g/mol. The summed E-state index contributed by atoms with van der Waals surface area (Å²) in [5.41, 5.74) is 4.83. The molecule has 0 saturated heterocycles. The highest BCUT2D eigenvalue weighted by Crippen LogP contribution is 2.28. The lowest BCUT2D eigenvalue weighted by atomic mass is 10.1. The number of hydrogen-bond donors (Lipinski definition) is 2. The summed E-state index contributed by atoms with van der Waals surface area (Å²) in [5, 5.41) is 11.6. The van der Waals surface area contributed by atoms with Crippen LogP contribution in [0, 0.1) is 0 Å². The minimum atomic E-state index is -0.338. The molecular weight excluding hydrogens is 328 g/mol. The van der Waals surface area contributed by atoms with Gasteiger partial charge in [0.15, 0.2) is 5.82 Å². The summed E-state index contributed by atoms with van der Waals surface area (Å²) in [5.74, 6) is 0.519. The molecule has 1 aliphatic rings. The number of methoxy groups -OCH3 is 1. The first-order valence-corrected chi connectivity index (χ1v) is 8.58. The van der Waals surface area contributed by atoms with Gasteiger partial charge in [0.2, 0.25) is 0 Å². The van der Waals surface area contributed by atoms with Gasteiger partial charge in [-0.2, -0.15) is 0 Å². The van der Waals surface area contributed by atoms with E-state index in [0.717, 1.165) is 36.7 Å². The summed E-state index contributed by atoms with van der Waals surface area (Å²) in [4.78, 5) is 11.6. The molecule has 2 heterocycles. The van der Waals surface area contributed by atoms with Crippen molar-refractivity contribution in [3.63, 3.8) is 0 Å². The molecule has 6 heteroatoms. The van der Waals surface area contributed by atoms with Crippen molar-refractivity contribution in [1.29, 1.82) is 0 Å². The fraction of sp³-hybridized carbons (Fsp3) is 0.200. The quantitative estimate of drug-likeness (QED) is 0.709. The molecule has 1 aromatic heterocycles. The van der Waals surface area contributed by atoms with Crippen molar-refractivity contribution in [3.8, 4) is 5.69 Å². The highest BCUT2D eigenvalue weighted by molar-refractivity contribution is 5.89. The number of nitrogens with one attached hydrogen (secondary N) is 2. The van der Waals surface area contributed by atoms with Crippen LogP contribution >= 0.6 is 0 Å². The van der Waals surface area contributed by atoms with Gasteiger partial charge in [-0.25, -0.2) is 9.48 Å². The number of anilines is 2. The molecule has 0 fully saturated rings. The lowest BCUT2D eigenvalue weighted by molar-refractivity contribution is 0.0600. The molecule has 0 amide bonds. The lowest BCUT2D eigenvalue weighted by Gasteiger charge is -2.16. The van der Waals surface area contributed by atoms with E-state index in [1.165, 1.54) is 18.4 Å². The topological polar surface area (TPSA) is 68.2 Å². The third-order valence-electron chi connectivity index (χ3n) is 4.50. The molecule has 0 radical (unpaired) electrons. The second-order valence-corrected chi connectivity index (χ2v) is 6.14. The van der Waals surface area contributed by atoms with Crippen molar-refractivity contribution in [3.05, 3.63) is 71.4 Å². The standard InChI is InChI=1S/C20H20N4O2/c1-26-20(25)14-7-9-16(10-8-14)24-18-11-12-21-13-17(18)19(23-24)22-15-5-3-2-4-6-15/h2-10,21H,11-13H2,1H3,(H,22,23). The minimum absolute atomic E-state index is 0.338. The summed E-state index contributed by atoms with van der Waals surface area (Å²) in [7, 11) is 1.38. The first-order valence-electron chi connectivity index (χ1n) is 8.58. The molecule has 0 atom stereocenters. The zero-order valence-corrected chi connectivity index (χ0v) is 14.5. The summed E-state index contributed by atoms with van der Waals surface area (Å²) in [6.45, 7) is 1.70. The molecule has 0 saturated carbocycles. The van der Waals surface area contributed by atoms with E-state index in [-0.39, 0.29) is 5.97 Å². The number of ether oxygens (including phenoxy) is 1. The average Bonchev–Trinajstić information content (AvgIpc) is 3.07. The Morgan fingerprint density at radius 1 is 1.15 bits per heavy atom. The Bertz CT molecular complexity index is 917. The Morgan fingerprint density at radius 2 is 1.92 bits per heavy atom. The molecule has 1 aliphatic heterocycles. The van der Waals surface area contributed by atoms with Crippen LogP contribution in [-0.4, -0.2) is 29.4 Å². The number of rotatable bonds is 4. The molecular formula is C20H20N4O2. The van der Waals surface area contributed by atoms with Crippen LogP contribution in [0.3, 0.4) is 0 Å². The van der Waals surface area contributed by atoms with E-state index in [9.17, 15) is 4.79 Å². The van der Waals surface area contributed by atoms with Crippen LogP contribution in [0.2, 0.25) is 0 Å². The van der Waals surface area contributed by atoms with Crippen molar-refractivity contribution in [1.82, 2.24) is 15.1 Å². The highest BCUT2D eigenvalue weighted by Gasteiger charge is 2.21. The van der Waals surface area contributed by atoms with E-state index in [2.05, 4.69) is 10.6 Å². The van der Waals surface area contributed by atoms with Gasteiger partial charge in [0.25, 0.3) is 0 Å². The Labute approximate surface area is 151 Å². The Morgan fingerprint density at radius 3 is 2.65 bits per heavy atom. The number of benzene rings is 2. The lowest BCUT2D eigenvalue weighted by Crippen LogP contribution is -2.24. The number of esters is 1. The average molecular weight is 348 g/mol. The number of para-hydroxylation sites is 1. The summed E-state index contributed by atoms with van der Waals surface area (Å²) in [6, 6.07) is 17.3. The molecule has 0 spiro atoms. The Hall–Kier alpha value is -3.12. The van der Waals surface area contributed by atoms with Crippen molar-refractivity contribution in [2.45, 2.75) is 13.0 Å². The number of carbonyl (C=O) groups excluding carboxylic acids is 1. The van der Waals surface area contributed by atoms with Crippen LogP contribution in [0.25, 0.3) is 5.69 Å². The molecule has 0 aliphatic carbocycles. The Kier molecular flexibility index (Phi) is 4.41. The molecule has 4 rings (SSSR count). The van der Waals surface area contributed by atoms with Gasteiger partial charge in [-0.15, -0.1) is 5.10 Å². The van der Waals surface area contributed by atoms with Crippen molar-refractivity contribution in [2.75, 3.05) is 19.0 Å². The second-order valence-electron chi connectivity index (χ2n) is 6.14. The zero-order chi connectivity index (χ0) is 17.9. The largest absolute Gasteiger partial charge is 0.465 e. The molecule has 132 valence electrons. The number of carbonyl (C=O) groups is 1. The van der Waals surface area contributed by atoms with E-state index in [1.54, 1.807) is 12.1 Å². The van der Waals surface area contributed by atoms with Gasteiger partial charge in [-0.3, -0.25) is 0 Å². The summed E-state index contributed by atoms with van der Waals surface area (Å²) >= 11 is 0. The molecule has 2 aromatic carbocycles. The summed E-state index contributed by atoms with van der Waals surface area (Å²) in [6.07, 6.45) is 0.900. The zero-order valence-electron chi connectivity index (χ0n) is 14.5. The normalized spacial score (nSPS) is 13.1. The van der Waals surface area contributed by atoms with Crippen molar-refractivity contribution < 1.29 is 9.53 Å². The first-order chi connectivity index (χ1) is 12.8. The minimum Gasteiger partial charge on any atom is -0.465 e. The van der Waals surface area contributed by atoms with Gasteiger partial charge >= 0.3 is 5.97 Å². The Balaban J connectivity index is 1.71. The maximum Gasteiger partial charge on any atom is 0.337 e. The van der Waals surface area contributed by atoms with Gasteiger partial charge in [0, 0.05) is 30.8 Å². The first kappa shape index (κ1) is 16.4. The van der Waals surface area contributed by atoms with E-state index in [0.29, 0.717) is 5.56 Å². The van der Waals surface area contributed by atoms with Crippen molar-refractivity contribution >= 4 is 17.5 Å². The van der Waals surface area contributed by atoms with Crippen LogP contribution in [0.4, 0.5) is 11.5 Å². The highest BCUT2D eigenvalue weighted by atomic mass is 16.5. The number of aromatic nitrogens is 2. The predicted molar refractivity (Wildman–Crippen MR) is 100 cm³/mol. The number of fused-ring (bicyclic) bond motifs is 1. The van der Waals surface area contributed by atoms with E-state index in [4.69, 9.17) is 9.84 Å². The third-order valence-corrected chi connectivity index (χ3v) is 4.50. The SMILES string of the molecule is COC(=O)c1ccc(-n2nc(Nc3ccccc3)c3c2CCNC3)cc1. The fourth-order valence-corrected chi connectivity index (χ4v) is 3.18.